The lowest BCUT2D eigenvalue weighted by Gasteiger charge is -2.23. The van der Waals surface area contributed by atoms with Gasteiger partial charge in [0.25, 0.3) is 0 Å². The SMILES string of the molecule is c1ccc(C2N=C(c3cccc4c3oc3ccccc34)N=C(c3ccc4oc5cc(-c6cccc7c6sc6ccccc67)ccc5c4c3)N2)cc1. The van der Waals surface area contributed by atoms with Crippen LogP contribution in [-0.2, 0) is 0 Å². The summed E-state index contributed by atoms with van der Waals surface area (Å²) in [6.07, 6.45) is -0.329. The van der Waals surface area contributed by atoms with Crippen LogP contribution in [0.25, 0.3) is 75.2 Å². The lowest BCUT2D eigenvalue weighted by atomic mass is 10.0. The van der Waals surface area contributed by atoms with Crippen molar-refractivity contribution >= 4 is 87.1 Å². The molecule has 0 saturated heterocycles. The van der Waals surface area contributed by atoms with Crippen LogP contribution < -0.4 is 5.32 Å². The van der Waals surface area contributed by atoms with Gasteiger partial charge in [0.15, 0.2) is 5.84 Å². The minimum absolute atomic E-state index is 0.329. The third-order valence-corrected chi connectivity index (χ3v) is 11.2. The van der Waals surface area contributed by atoms with Gasteiger partial charge in [-0.25, -0.2) is 9.98 Å². The number of nitrogens with one attached hydrogen (secondary N) is 1. The number of fused-ring (bicyclic) bond motifs is 9. The zero-order chi connectivity index (χ0) is 33.5. The summed E-state index contributed by atoms with van der Waals surface area (Å²) in [4.78, 5) is 10.3. The number of nitrogens with zero attached hydrogens (tertiary/aromatic N) is 2. The van der Waals surface area contributed by atoms with Crippen molar-refractivity contribution in [3.8, 4) is 11.1 Å². The molecule has 240 valence electrons. The van der Waals surface area contributed by atoms with Crippen LogP contribution in [0.3, 0.4) is 0 Å². The summed E-state index contributed by atoms with van der Waals surface area (Å²) in [5.74, 6) is 1.37. The first kappa shape index (κ1) is 28.3. The molecule has 6 heteroatoms. The van der Waals surface area contributed by atoms with E-state index in [-0.39, 0.29) is 6.17 Å². The molecular weight excluding hydrogens is 647 g/mol. The van der Waals surface area contributed by atoms with Gasteiger partial charge in [0.2, 0.25) is 0 Å². The molecule has 1 aliphatic heterocycles. The quantitative estimate of drug-likeness (QED) is 0.202. The number of para-hydroxylation sites is 2. The van der Waals surface area contributed by atoms with E-state index < -0.39 is 0 Å². The highest BCUT2D eigenvalue weighted by Crippen LogP contribution is 2.41. The fourth-order valence-corrected chi connectivity index (χ4v) is 8.75. The van der Waals surface area contributed by atoms with Gasteiger partial charge in [-0.05, 0) is 65.2 Å². The van der Waals surface area contributed by atoms with Gasteiger partial charge in [-0.2, -0.15) is 0 Å². The fourth-order valence-electron chi connectivity index (χ4n) is 7.51. The Bertz CT molecular complexity index is 3070. The normalized spacial score (nSPS) is 14.9. The van der Waals surface area contributed by atoms with Gasteiger partial charge in [-0.15, -0.1) is 11.3 Å². The summed E-state index contributed by atoms with van der Waals surface area (Å²) in [7, 11) is 0. The Morgan fingerprint density at radius 3 is 2.16 bits per heavy atom. The molecule has 0 bridgehead atoms. The predicted molar refractivity (Wildman–Crippen MR) is 211 cm³/mol. The van der Waals surface area contributed by atoms with Gasteiger partial charge in [-0.1, -0.05) is 103 Å². The molecule has 0 fully saturated rings. The fraction of sp³-hybridized carbons (Fsp3) is 0.0222. The molecule has 7 aromatic carbocycles. The number of hydrogen-bond acceptors (Lipinski definition) is 6. The summed E-state index contributed by atoms with van der Waals surface area (Å²) in [5, 5.41) is 10.4. The maximum absolute atomic E-state index is 6.49. The van der Waals surface area contributed by atoms with Crippen LogP contribution in [0, 0.1) is 0 Å². The molecule has 1 aliphatic rings. The zero-order valence-corrected chi connectivity index (χ0v) is 27.9. The standard InChI is InChI=1S/C45H27N3O2S/c1-2-10-26(11-3-1)43-46-44(48-45(47-43)35-17-9-15-33-30-12-4-6-18-37(30)50-41(33)35)28-21-23-38-36(24-28)31-22-20-27(25-39(31)49-38)29-14-8-16-34-32-13-5-7-19-40(32)51-42(29)34/h1-25,43H,(H,46,47,48). The number of rotatable bonds is 4. The Kier molecular flexibility index (Phi) is 6.12. The van der Waals surface area contributed by atoms with Crippen LogP contribution in [0.15, 0.2) is 170 Å². The summed E-state index contributed by atoms with van der Waals surface area (Å²) in [6.45, 7) is 0. The van der Waals surface area contributed by atoms with Gasteiger partial charge in [0.05, 0.1) is 5.56 Å². The topological polar surface area (TPSA) is 63.0 Å². The van der Waals surface area contributed by atoms with E-state index in [9.17, 15) is 0 Å². The van der Waals surface area contributed by atoms with E-state index in [4.69, 9.17) is 18.8 Å². The van der Waals surface area contributed by atoms with Crippen LogP contribution in [0.1, 0.15) is 22.9 Å². The Balaban J connectivity index is 1.03. The van der Waals surface area contributed by atoms with Crippen LogP contribution in [-0.4, -0.2) is 11.7 Å². The zero-order valence-electron chi connectivity index (χ0n) is 27.1. The first-order valence-corrected chi connectivity index (χ1v) is 17.8. The van der Waals surface area contributed by atoms with Gasteiger partial charge in [0, 0.05) is 47.3 Å². The second-order valence-corrected chi connectivity index (χ2v) is 14.0. The molecule has 11 rings (SSSR count). The van der Waals surface area contributed by atoms with Gasteiger partial charge < -0.3 is 14.2 Å². The molecule has 0 spiro atoms. The van der Waals surface area contributed by atoms with E-state index in [1.165, 1.54) is 25.7 Å². The van der Waals surface area contributed by atoms with Crippen molar-refractivity contribution in [3.63, 3.8) is 0 Å². The van der Waals surface area contributed by atoms with E-state index in [1.807, 2.05) is 59.9 Å². The molecule has 10 aromatic rings. The van der Waals surface area contributed by atoms with Crippen molar-refractivity contribution in [2.45, 2.75) is 6.17 Å². The smallest absolute Gasteiger partial charge is 0.163 e. The molecule has 4 heterocycles. The average molecular weight is 674 g/mol. The second kappa shape index (κ2) is 11.0. The highest BCUT2D eigenvalue weighted by atomic mass is 32.1. The van der Waals surface area contributed by atoms with Crippen molar-refractivity contribution in [2.75, 3.05) is 0 Å². The molecule has 0 aliphatic carbocycles. The minimum Gasteiger partial charge on any atom is -0.456 e. The Labute approximate surface area is 295 Å². The number of hydrogen-bond donors (Lipinski definition) is 1. The first-order valence-electron chi connectivity index (χ1n) is 17.0. The number of aliphatic imine (C=N–C) groups is 2. The molecule has 0 amide bonds. The van der Waals surface area contributed by atoms with E-state index in [0.717, 1.165) is 72.0 Å². The number of benzene rings is 7. The number of furan rings is 2. The van der Waals surface area contributed by atoms with Crippen molar-refractivity contribution < 1.29 is 8.83 Å². The Hall–Kier alpha value is -6.50. The van der Waals surface area contributed by atoms with Crippen molar-refractivity contribution in [1.29, 1.82) is 0 Å². The molecule has 0 saturated carbocycles. The van der Waals surface area contributed by atoms with Gasteiger partial charge >= 0.3 is 0 Å². The van der Waals surface area contributed by atoms with Crippen LogP contribution in [0.2, 0.25) is 0 Å². The Morgan fingerprint density at radius 2 is 1.24 bits per heavy atom. The summed E-state index contributed by atoms with van der Waals surface area (Å²) >= 11 is 1.84. The van der Waals surface area contributed by atoms with E-state index >= 15 is 0 Å². The highest BCUT2D eigenvalue weighted by molar-refractivity contribution is 7.26. The van der Waals surface area contributed by atoms with Crippen LogP contribution in [0.4, 0.5) is 0 Å². The second-order valence-electron chi connectivity index (χ2n) is 13.0. The lowest BCUT2D eigenvalue weighted by molar-refractivity contribution is 0.663. The molecule has 3 aromatic heterocycles. The first-order chi connectivity index (χ1) is 25.2. The molecular formula is C45H27N3O2S. The monoisotopic (exact) mass is 673 g/mol. The van der Waals surface area contributed by atoms with Gasteiger partial charge in [-0.3, -0.25) is 0 Å². The molecule has 1 N–H and O–H groups in total. The van der Waals surface area contributed by atoms with Crippen LogP contribution in [0.5, 0.6) is 0 Å². The largest absolute Gasteiger partial charge is 0.456 e. The summed E-state index contributed by atoms with van der Waals surface area (Å²) < 4.78 is 15.5. The number of thiophene rings is 1. The molecule has 1 atom stereocenters. The van der Waals surface area contributed by atoms with E-state index in [2.05, 4.69) is 108 Å². The maximum atomic E-state index is 6.49. The molecule has 1 unspecified atom stereocenters. The third kappa shape index (κ3) is 4.47. The average Bonchev–Trinajstić information content (AvgIpc) is 3.88. The van der Waals surface area contributed by atoms with E-state index in [0.29, 0.717) is 5.84 Å². The van der Waals surface area contributed by atoms with Crippen LogP contribution >= 0.6 is 11.3 Å². The van der Waals surface area contributed by atoms with E-state index in [1.54, 1.807) is 0 Å². The third-order valence-electron chi connectivity index (χ3n) is 9.96. The highest BCUT2D eigenvalue weighted by Gasteiger charge is 2.24. The molecule has 51 heavy (non-hydrogen) atoms. The minimum atomic E-state index is -0.329. The van der Waals surface area contributed by atoms with Crippen molar-refractivity contribution in [3.05, 3.63) is 168 Å². The van der Waals surface area contributed by atoms with Crippen molar-refractivity contribution in [1.82, 2.24) is 5.32 Å². The molecule has 0 radical (unpaired) electrons. The summed E-state index contributed by atoms with van der Waals surface area (Å²) in [5.41, 5.74) is 8.55. The lowest BCUT2D eigenvalue weighted by Crippen LogP contribution is -2.33. The van der Waals surface area contributed by atoms with Crippen molar-refractivity contribution in [2.24, 2.45) is 9.98 Å². The maximum Gasteiger partial charge on any atom is 0.163 e. The van der Waals surface area contributed by atoms with Gasteiger partial charge in [0.1, 0.15) is 34.3 Å². The number of amidine groups is 2. The predicted octanol–water partition coefficient (Wildman–Crippen LogP) is 12.0. The Morgan fingerprint density at radius 1 is 0.510 bits per heavy atom. The summed E-state index contributed by atoms with van der Waals surface area (Å²) in [6, 6.07) is 52.7. The molecule has 5 nitrogen and oxygen atoms in total.